The van der Waals surface area contributed by atoms with Crippen LogP contribution < -0.4 is 10.9 Å². The highest BCUT2D eigenvalue weighted by Crippen LogP contribution is 2.24. The number of nitrogens with one attached hydrogen (secondary N) is 1. The van der Waals surface area contributed by atoms with E-state index in [9.17, 15) is 14.7 Å². The van der Waals surface area contributed by atoms with Crippen LogP contribution in [0, 0.1) is 18.8 Å². The van der Waals surface area contributed by atoms with E-state index in [4.69, 9.17) is 0 Å². The van der Waals surface area contributed by atoms with Gasteiger partial charge < -0.3 is 10.4 Å². The number of aromatic nitrogens is 4. The van der Waals surface area contributed by atoms with Crippen molar-refractivity contribution < 1.29 is 9.90 Å². The molecule has 190 valence electrons. The molecule has 2 N–H and O–H groups in total. The van der Waals surface area contributed by atoms with Gasteiger partial charge in [0.15, 0.2) is 5.65 Å². The highest BCUT2D eigenvalue weighted by molar-refractivity contribution is 6.01. The van der Waals surface area contributed by atoms with E-state index in [0.29, 0.717) is 44.6 Å². The molecule has 3 heterocycles. The monoisotopic (exact) mass is 505 g/mol. The Morgan fingerprint density at radius 1 is 1.11 bits per heavy atom. The molecule has 0 radical (unpaired) electrons. The highest BCUT2D eigenvalue weighted by Gasteiger charge is 2.23. The molecule has 0 spiro atoms. The Bertz CT molecular complexity index is 1800. The van der Waals surface area contributed by atoms with Crippen LogP contribution >= 0.6 is 0 Å². The lowest BCUT2D eigenvalue weighted by molar-refractivity contribution is 0.0939. The summed E-state index contributed by atoms with van der Waals surface area (Å²) in [5.74, 6) is 5.44. The summed E-state index contributed by atoms with van der Waals surface area (Å²) < 4.78 is 3.17. The Kier molecular flexibility index (Phi) is 6.31. The highest BCUT2D eigenvalue weighted by atomic mass is 16.3. The average molecular weight is 506 g/mol. The van der Waals surface area contributed by atoms with Crippen molar-refractivity contribution >= 4 is 22.3 Å². The van der Waals surface area contributed by atoms with E-state index in [1.807, 2.05) is 55.5 Å². The van der Waals surface area contributed by atoms with Crippen molar-refractivity contribution in [2.75, 3.05) is 0 Å². The molecule has 8 nitrogen and oxygen atoms in total. The van der Waals surface area contributed by atoms with Crippen LogP contribution in [0.2, 0.25) is 0 Å². The molecule has 0 saturated carbocycles. The quantitative estimate of drug-likeness (QED) is 0.360. The molecule has 38 heavy (non-hydrogen) atoms. The van der Waals surface area contributed by atoms with Crippen LogP contribution in [0.1, 0.15) is 54.1 Å². The van der Waals surface area contributed by atoms with Crippen molar-refractivity contribution in [3.05, 3.63) is 106 Å². The second kappa shape index (κ2) is 9.61. The van der Waals surface area contributed by atoms with Gasteiger partial charge in [-0.05, 0) is 63.4 Å². The molecule has 0 bridgehead atoms. The fourth-order valence-corrected chi connectivity index (χ4v) is 4.47. The number of fused-ring (bicyclic) bond motifs is 2. The minimum absolute atomic E-state index is 0.265. The SMILES string of the molecule is Cc1nn2cccnc2c1C(=O)N[C@H](C)c1cc2cccc(C#CC(C)(C)O)c2c(=O)n1-c1ccccc1. The maximum Gasteiger partial charge on any atom is 0.264 e. The number of carbonyl (C=O) groups is 1. The van der Waals surface area contributed by atoms with Crippen LogP contribution in [0.5, 0.6) is 0 Å². The predicted octanol–water partition coefficient (Wildman–Crippen LogP) is 3.96. The van der Waals surface area contributed by atoms with E-state index in [0.717, 1.165) is 0 Å². The molecule has 0 unspecified atom stereocenters. The first-order chi connectivity index (χ1) is 18.1. The summed E-state index contributed by atoms with van der Waals surface area (Å²) in [6, 6.07) is 17.8. The third-order valence-corrected chi connectivity index (χ3v) is 6.18. The maximum absolute atomic E-state index is 14.0. The minimum Gasteiger partial charge on any atom is -0.378 e. The summed E-state index contributed by atoms with van der Waals surface area (Å²) in [5, 5.41) is 18.7. The molecule has 0 saturated heterocycles. The van der Waals surface area contributed by atoms with Crippen LogP contribution in [-0.2, 0) is 0 Å². The molecule has 0 aliphatic rings. The first kappa shape index (κ1) is 24.9. The van der Waals surface area contributed by atoms with Gasteiger partial charge in [-0.25, -0.2) is 9.50 Å². The van der Waals surface area contributed by atoms with Gasteiger partial charge in [0.05, 0.1) is 17.1 Å². The number of pyridine rings is 1. The normalized spacial score (nSPS) is 12.2. The van der Waals surface area contributed by atoms with Crippen LogP contribution in [-0.4, -0.2) is 35.8 Å². The summed E-state index contributed by atoms with van der Waals surface area (Å²) >= 11 is 0. The Balaban J connectivity index is 1.66. The van der Waals surface area contributed by atoms with E-state index in [2.05, 4.69) is 27.2 Å². The van der Waals surface area contributed by atoms with Gasteiger partial charge in [-0.1, -0.05) is 42.2 Å². The lowest BCUT2D eigenvalue weighted by atomic mass is 10.0. The molecule has 5 rings (SSSR count). The Morgan fingerprint density at radius 3 is 2.61 bits per heavy atom. The Morgan fingerprint density at radius 2 is 1.87 bits per heavy atom. The molecule has 2 aromatic carbocycles. The van der Waals surface area contributed by atoms with E-state index >= 15 is 0 Å². The number of nitrogens with zero attached hydrogens (tertiary/aromatic N) is 4. The summed E-state index contributed by atoms with van der Waals surface area (Å²) in [4.78, 5) is 31.8. The van der Waals surface area contributed by atoms with Gasteiger partial charge in [0.25, 0.3) is 11.5 Å². The Hall–Kier alpha value is -4.74. The van der Waals surface area contributed by atoms with Crippen LogP contribution in [0.15, 0.2) is 77.9 Å². The number of carbonyl (C=O) groups excluding carboxylic acids is 1. The zero-order valence-electron chi connectivity index (χ0n) is 21.6. The second-order valence-corrected chi connectivity index (χ2v) is 9.67. The first-order valence-electron chi connectivity index (χ1n) is 12.2. The average Bonchev–Trinajstić information content (AvgIpc) is 3.23. The van der Waals surface area contributed by atoms with Gasteiger partial charge in [0, 0.05) is 29.3 Å². The lowest BCUT2D eigenvalue weighted by Crippen LogP contribution is -2.32. The van der Waals surface area contributed by atoms with Gasteiger partial charge in [-0.15, -0.1) is 0 Å². The molecule has 0 aliphatic heterocycles. The van der Waals surface area contributed by atoms with Gasteiger partial charge in [0.2, 0.25) is 0 Å². The van der Waals surface area contributed by atoms with E-state index < -0.39 is 11.6 Å². The van der Waals surface area contributed by atoms with Gasteiger partial charge in [-0.2, -0.15) is 5.10 Å². The zero-order chi connectivity index (χ0) is 27.0. The van der Waals surface area contributed by atoms with Crippen molar-refractivity contribution in [2.45, 2.75) is 39.3 Å². The Labute approximate surface area is 219 Å². The molecule has 0 fully saturated rings. The van der Waals surface area contributed by atoms with Gasteiger partial charge in [-0.3, -0.25) is 14.2 Å². The van der Waals surface area contributed by atoms with Crippen LogP contribution in [0.3, 0.4) is 0 Å². The lowest BCUT2D eigenvalue weighted by Gasteiger charge is -2.21. The van der Waals surface area contributed by atoms with Crippen molar-refractivity contribution in [1.29, 1.82) is 0 Å². The van der Waals surface area contributed by atoms with Gasteiger partial charge >= 0.3 is 0 Å². The summed E-state index contributed by atoms with van der Waals surface area (Å²) in [5.41, 5.74) is 1.73. The number of para-hydroxylation sites is 1. The van der Waals surface area contributed by atoms with Crippen LogP contribution in [0.4, 0.5) is 0 Å². The topological polar surface area (TPSA) is 102 Å². The number of amides is 1. The molecule has 1 atom stereocenters. The molecule has 0 aliphatic carbocycles. The number of benzene rings is 2. The van der Waals surface area contributed by atoms with Crippen molar-refractivity contribution in [3.63, 3.8) is 0 Å². The smallest absolute Gasteiger partial charge is 0.264 e. The standard InChI is InChI=1S/C30H27N5O3/c1-19(32-28(36)25-20(2)33-34-17-9-16-31-27(25)34)24-18-22-11-8-10-21(14-15-30(3,4)38)26(22)29(37)35(24)23-12-6-5-7-13-23/h5-13,16-19,38H,1-4H3,(H,32,36)/t19-/m1/s1. The molecular weight excluding hydrogens is 478 g/mol. The molecular formula is C30H27N5O3. The summed E-state index contributed by atoms with van der Waals surface area (Å²) in [6.45, 7) is 6.79. The number of hydrogen-bond acceptors (Lipinski definition) is 5. The zero-order valence-corrected chi connectivity index (χ0v) is 21.6. The fourth-order valence-electron chi connectivity index (χ4n) is 4.47. The largest absolute Gasteiger partial charge is 0.378 e. The fraction of sp³-hybridized carbons (Fsp3) is 0.200. The van der Waals surface area contributed by atoms with E-state index in [1.165, 1.54) is 0 Å². The third kappa shape index (κ3) is 4.67. The predicted molar refractivity (Wildman–Crippen MR) is 146 cm³/mol. The van der Waals surface area contributed by atoms with Crippen LogP contribution in [0.25, 0.3) is 22.1 Å². The summed E-state index contributed by atoms with van der Waals surface area (Å²) in [6.07, 6.45) is 3.36. The number of rotatable bonds is 4. The van der Waals surface area contributed by atoms with E-state index in [1.54, 1.807) is 54.4 Å². The van der Waals surface area contributed by atoms with E-state index in [-0.39, 0.29) is 11.5 Å². The number of aryl methyl sites for hydroxylation is 1. The van der Waals surface area contributed by atoms with Gasteiger partial charge in [0.1, 0.15) is 11.2 Å². The summed E-state index contributed by atoms with van der Waals surface area (Å²) in [7, 11) is 0. The van der Waals surface area contributed by atoms with Crippen molar-refractivity contribution in [3.8, 4) is 17.5 Å². The molecule has 5 aromatic rings. The minimum atomic E-state index is -1.20. The first-order valence-corrected chi connectivity index (χ1v) is 12.2. The molecule has 1 amide bonds. The number of hydrogen-bond donors (Lipinski definition) is 2. The third-order valence-electron chi connectivity index (χ3n) is 6.18. The molecule has 3 aromatic heterocycles. The number of aliphatic hydroxyl groups is 1. The van der Waals surface area contributed by atoms with Crippen molar-refractivity contribution in [2.24, 2.45) is 0 Å². The van der Waals surface area contributed by atoms with Crippen molar-refractivity contribution in [1.82, 2.24) is 24.5 Å². The molecule has 8 heteroatoms. The second-order valence-electron chi connectivity index (χ2n) is 9.67. The maximum atomic E-state index is 14.0.